The Morgan fingerprint density at radius 1 is 1.21 bits per heavy atom. The fourth-order valence-electron chi connectivity index (χ4n) is 5.30. The van der Waals surface area contributed by atoms with Crippen LogP contribution in [0.3, 0.4) is 0 Å². The van der Waals surface area contributed by atoms with Gasteiger partial charge in [-0.25, -0.2) is 4.98 Å². The van der Waals surface area contributed by atoms with Crippen LogP contribution in [0.2, 0.25) is 0 Å². The molecule has 1 aromatic carbocycles. The lowest BCUT2D eigenvalue weighted by atomic mass is 10.0. The normalized spacial score (nSPS) is 18.3. The van der Waals surface area contributed by atoms with Crippen molar-refractivity contribution < 1.29 is 24.1 Å². The van der Waals surface area contributed by atoms with E-state index in [0.29, 0.717) is 37.6 Å². The maximum atomic E-state index is 12.4. The van der Waals surface area contributed by atoms with Gasteiger partial charge in [0.1, 0.15) is 17.6 Å². The minimum Gasteiger partial charge on any atom is -0.496 e. The van der Waals surface area contributed by atoms with E-state index < -0.39 is 12.0 Å². The molecule has 2 atom stereocenters. The molecule has 3 heterocycles. The first-order valence-corrected chi connectivity index (χ1v) is 14.0. The number of carboxylic acids is 1. The van der Waals surface area contributed by atoms with E-state index in [0.717, 1.165) is 62.1 Å². The number of carbonyl (C=O) groups is 1. The third-order valence-corrected chi connectivity index (χ3v) is 7.33. The van der Waals surface area contributed by atoms with Crippen molar-refractivity contribution in [3.05, 3.63) is 52.7 Å². The van der Waals surface area contributed by atoms with Gasteiger partial charge in [0, 0.05) is 37.5 Å². The minimum absolute atomic E-state index is 0.0451. The Labute approximate surface area is 226 Å². The summed E-state index contributed by atoms with van der Waals surface area (Å²) < 4.78 is 17.4. The van der Waals surface area contributed by atoms with Crippen molar-refractivity contribution in [2.75, 3.05) is 38.7 Å². The molecule has 8 nitrogen and oxygen atoms in total. The molecule has 8 heteroatoms. The minimum atomic E-state index is -0.878. The maximum Gasteiger partial charge on any atom is 0.325 e. The average Bonchev–Trinajstić information content (AvgIpc) is 3.37. The van der Waals surface area contributed by atoms with Crippen LogP contribution in [0.25, 0.3) is 0 Å². The number of benzene rings is 1. The van der Waals surface area contributed by atoms with E-state index >= 15 is 0 Å². The smallest absolute Gasteiger partial charge is 0.325 e. The van der Waals surface area contributed by atoms with Crippen molar-refractivity contribution in [2.45, 2.75) is 83.6 Å². The number of aromatic nitrogens is 1. The average molecular weight is 526 g/mol. The first kappa shape index (κ1) is 28.3. The monoisotopic (exact) mass is 525 g/mol. The number of anilines is 1. The number of hydrogen-bond acceptors (Lipinski definition) is 7. The van der Waals surface area contributed by atoms with Crippen molar-refractivity contribution in [1.29, 1.82) is 0 Å². The molecule has 0 unspecified atom stereocenters. The first-order valence-electron chi connectivity index (χ1n) is 14.0. The molecule has 2 aromatic rings. The molecule has 2 aliphatic heterocycles. The summed E-state index contributed by atoms with van der Waals surface area (Å²) in [5.41, 5.74) is 4.09. The van der Waals surface area contributed by atoms with Crippen LogP contribution in [0.4, 0.5) is 5.82 Å². The number of aryl methyl sites for hydroxylation is 2. The van der Waals surface area contributed by atoms with Crippen molar-refractivity contribution in [3.8, 4) is 5.75 Å². The zero-order valence-corrected chi connectivity index (χ0v) is 23.1. The summed E-state index contributed by atoms with van der Waals surface area (Å²) >= 11 is 0. The molecule has 0 radical (unpaired) electrons. The summed E-state index contributed by atoms with van der Waals surface area (Å²) in [6.07, 6.45) is 7.42. The molecular formula is C30H43N3O5. The molecule has 0 saturated carbocycles. The summed E-state index contributed by atoms with van der Waals surface area (Å²) in [4.78, 5) is 19.2. The molecule has 2 aliphatic rings. The van der Waals surface area contributed by atoms with Gasteiger partial charge in [-0.15, -0.1) is 0 Å². The Kier molecular flexibility index (Phi) is 10.4. The van der Waals surface area contributed by atoms with Crippen LogP contribution in [0.5, 0.6) is 5.75 Å². The zero-order valence-electron chi connectivity index (χ0n) is 23.1. The molecule has 1 saturated heterocycles. The summed E-state index contributed by atoms with van der Waals surface area (Å²) in [6, 6.07) is 9.27. The molecular weight excluding hydrogens is 482 g/mol. The van der Waals surface area contributed by atoms with Gasteiger partial charge in [-0.2, -0.15) is 0 Å². The number of hydrogen-bond donors (Lipinski definition) is 2. The number of nitrogens with one attached hydrogen (secondary N) is 1. The predicted octanol–water partition coefficient (Wildman–Crippen LogP) is 5.00. The van der Waals surface area contributed by atoms with Gasteiger partial charge in [0.15, 0.2) is 0 Å². The largest absolute Gasteiger partial charge is 0.496 e. The van der Waals surface area contributed by atoms with E-state index in [1.165, 1.54) is 12.0 Å². The van der Waals surface area contributed by atoms with Gasteiger partial charge in [-0.05, 0) is 81.7 Å². The number of rotatable bonds is 14. The van der Waals surface area contributed by atoms with Crippen LogP contribution in [-0.4, -0.2) is 66.5 Å². The lowest BCUT2D eigenvalue weighted by molar-refractivity contribution is -0.143. The van der Waals surface area contributed by atoms with Crippen molar-refractivity contribution in [1.82, 2.24) is 9.88 Å². The van der Waals surface area contributed by atoms with Crippen LogP contribution in [0.15, 0.2) is 30.3 Å². The van der Waals surface area contributed by atoms with Crippen LogP contribution in [-0.2, 0) is 33.7 Å². The van der Waals surface area contributed by atoms with Crippen LogP contribution in [0.1, 0.15) is 74.4 Å². The second-order valence-electron chi connectivity index (χ2n) is 10.6. The number of methoxy groups -OCH3 is 1. The summed E-state index contributed by atoms with van der Waals surface area (Å²) in [5.74, 6) is 0.770. The van der Waals surface area contributed by atoms with Crippen molar-refractivity contribution in [3.63, 3.8) is 0 Å². The fourth-order valence-corrected chi connectivity index (χ4v) is 5.30. The lowest BCUT2D eigenvalue weighted by Gasteiger charge is -2.26. The number of nitrogens with zero attached hydrogens (tertiary/aromatic N) is 2. The number of ether oxygens (including phenoxy) is 3. The molecule has 38 heavy (non-hydrogen) atoms. The highest BCUT2D eigenvalue weighted by Gasteiger charge is 2.35. The van der Waals surface area contributed by atoms with Crippen molar-refractivity contribution in [2.24, 2.45) is 0 Å². The Hall–Kier alpha value is -2.68. The Morgan fingerprint density at radius 2 is 2.08 bits per heavy atom. The predicted molar refractivity (Wildman–Crippen MR) is 148 cm³/mol. The molecule has 0 amide bonds. The first-order chi connectivity index (χ1) is 18.4. The van der Waals surface area contributed by atoms with E-state index in [4.69, 9.17) is 19.2 Å². The van der Waals surface area contributed by atoms with Gasteiger partial charge in [0.2, 0.25) is 0 Å². The molecule has 1 aromatic heterocycles. The number of unbranched alkanes of at least 4 members (excludes halogenated alkanes) is 2. The fraction of sp³-hybridized carbons (Fsp3) is 0.600. The van der Waals surface area contributed by atoms with Gasteiger partial charge in [0.25, 0.3) is 0 Å². The van der Waals surface area contributed by atoms with Crippen LogP contribution >= 0.6 is 0 Å². The quantitative estimate of drug-likeness (QED) is 0.333. The number of aliphatic carboxylic acids is 1. The number of carboxylic acid groups (broad SMARTS) is 1. The van der Waals surface area contributed by atoms with Gasteiger partial charge in [-0.3, -0.25) is 9.69 Å². The highest BCUT2D eigenvalue weighted by Crippen LogP contribution is 2.34. The molecule has 208 valence electrons. The number of fused-ring (bicyclic) bond motifs is 1. The number of pyridine rings is 1. The van der Waals surface area contributed by atoms with E-state index in [1.807, 2.05) is 36.9 Å². The topological polar surface area (TPSA) is 93.2 Å². The van der Waals surface area contributed by atoms with E-state index in [-0.39, 0.29) is 12.2 Å². The van der Waals surface area contributed by atoms with E-state index in [2.05, 4.69) is 17.4 Å². The highest BCUT2D eigenvalue weighted by atomic mass is 16.5. The second kappa shape index (κ2) is 13.9. The van der Waals surface area contributed by atoms with Gasteiger partial charge in [0.05, 0.1) is 25.9 Å². The summed E-state index contributed by atoms with van der Waals surface area (Å²) in [7, 11) is 1.58. The Bertz CT molecular complexity index is 1060. The maximum absolute atomic E-state index is 12.4. The number of likely N-dealkylation sites (tertiary alicyclic amines) is 1. The van der Waals surface area contributed by atoms with Crippen molar-refractivity contribution >= 4 is 11.8 Å². The summed E-state index contributed by atoms with van der Waals surface area (Å²) in [5, 5.41) is 13.6. The molecule has 4 rings (SSSR count). The van der Waals surface area contributed by atoms with Crippen LogP contribution < -0.4 is 10.1 Å². The van der Waals surface area contributed by atoms with E-state index in [9.17, 15) is 9.90 Å². The van der Waals surface area contributed by atoms with Gasteiger partial charge >= 0.3 is 5.97 Å². The second-order valence-corrected chi connectivity index (χ2v) is 10.6. The molecule has 0 bridgehead atoms. The summed E-state index contributed by atoms with van der Waals surface area (Å²) in [6.45, 7) is 7.39. The molecule has 0 aliphatic carbocycles. The van der Waals surface area contributed by atoms with Gasteiger partial charge < -0.3 is 24.6 Å². The van der Waals surface area contributed by atoms with Crippen LogP contribution in [0, 0.1) is 0 Å². The van der Waals surface area contributed by atoms with E-state index in [1.54, 1.807) is 7.11 Å². The Balaban J connectivity index is 1.23. The SMILES string of the molecule is COc1ccc(COC(C)C)cc1[C@@H](C(=O)O)N1CC[C@@H](OCCCCCc2ccc3c(n2)NCCC3)C1. The third kappa shape index (κ3) is 7.68. The Morgan fingerprint density at radius 3 is 2.87 bits per heavy atom. The van der Waals surface area contributed by atoms with Gasteiger partial charge in [-0.1, -0.05) is 18.6 Å². The molecule has 0 spiro atoms. The standard InChI is InChI=1S/C30H43N3O5/c1-21(2)38-20-22-10-13-27(36-3)26(18-22)28(30(34)35)33-16-14-25(19-33)37-17-6-4-5-9-24-12-11-23-8-7-15-31-29(23)32-24/h10-13,18,21,25,28H,4-9,14-17,19-20H2,1-3H3,(H,31,32)(H,34,35)/t25-,28+/m1/s1. The molecule has 1 fully saturated rings. The lowest BCUT2D eigenvalue weighted by Crippen LogP contribution is -2.34. The zero-order chi connectivity index (χ0) is 26.9. The third-order valence-electron chi connectivity index (χ3n) is 7.33. The highest BCUT2D eigenvalue weighted by molar-refractivity contribution is 5.77. The molecule has 2 N–H and O–H groups in total.